The Morgan fingerprint density at radius 2 is 2.14 bits per heavy atom. The number of ether oxygens (including phenoxy) is 1. The van der Waals surface area contributed by atoms with E-state index in [9.17, 15) is 0 Å². The van der Waals surface area contributed by atoms with E-state index in [1.165, 1.54) is 29.5 Å². The number of nitrogens with zero attached hydrogens (tertiary/aromatic N) is 2. The molecular weight excluding hydrogens is 294 g/mol. The third kappa shape index (κ3) is 3.30. The highest BCUT2D eigenvalue weighted by atomic mass is 32.1. The first-order valence-corrected chi connectivity index (χ1v) is 8.64. The van der Waals surface area contributed by atoms with E-state index in [1.54, 1.807) is 11.3 Å². The van der Waals surface area contributed by atoms with E-state index in [1.807, 2.05) is 25.4 Å². The first kappa shape index (κ1) is 15.0. The summed E-state index contributed by atoms with van der Waals surface area (Å²) in [5.74, 6) is 1.04. The number of nitrogens with one attached hydrogen (secondary N) is 1. The summed E-state index contributed by atoms with van der Waals surface area (Å²) in [7, 11) is 0. The van der Waals surface area contributed by atoms with Gasteiger partial charge in [0.15, 0.2) is 0 Å². The third-order valence-corrected chi connectivity index (χ3v) is 4.68. The quantitative estimate of drug-likeness (QED) is 0.665. The lowest BCUT2D eigenvalue weighted by atomic mass is 9.88. The van der Waals surface area contributed by atoms with Crippen LogP contribution in [0.5, 0.6) is 5.75 Å². The van der Waals surface area contributed by atoms with E-state index in [0.29, 0.717) is 6.61 Å². The van der Waals surface area contributed by atoms with Crippen molar-refractivity contribution in [1.29, 1.82) is 0 Å². The standard InChI is InChI=1S/C17H21N3OS/c1-3-21-16-9-8-13(14-6-4-5-7-15(14)16)10-18-20-17-19-12(2)11-22-17/h8-11H,3-7H2,1-2H3,(H,19,20). The van der Waals surface area contributed by atoms with Crippen LogP contribution < -0.4 is 10.2 Å². The van der Waals surface area contributed by atoms with Crippen LogP contribution in [0.4, 0.5) is 5.13 Å². The molecular formula is C17H21N3OS. The van der Waals surface area contributed by atoms with Crippen LogP contribution in [0.25, 0.3) is 0 Å². The lowest BCUT2D eigenvalue weighted by molar-refractivity contribution is 0.334. The minimum Gasteiger partial charge on any atom is -0.494 e. The van der Waals surface area contributed by atoms with Crippen molar-refractivity contribution in [3.8, 4) is 5.75 Å². The summed E-state index contributed by atoms with van der Waals surface area (Å²) in [6.07, 6.45) is 6.59. The zero-order chi connectivity index (χ0) is 15.4. The van der Waals surface area contributed by atoms with Crippen LogP contribution in [-0.4, -0.2) is 17.8 Å². The minimum absolute atomic E-state index is 0.713. The Morgan fingerprint density at radius 3 is 2.86 bits per heavy atom. The molecule has 1 aliphatic rings. The number of aromatic nitrogens is 1. The normalized spacial score (nSPS) is 14.1. The number of aryl methyl sites for hydroxylation is 1. The summed E-state index contributed by atoms with van der Waals surface area (Å²) in [6, 6.07) is 4.18. The van der Waals surface area contributed by atoms with Gasteiger partial charge in [-0.25, -0.2) is 4.98 Å². The van der Waals surface area contributed by atoms with Crippen LogP contribution in [0.1, 0.15) is 42.1 Å². The molecule has 0 spiro atoms. The Morgan fingerprint density at radius 1 is 1.32 bits per heavy atom. The maximum absolute atomic E-state index is 5.77. The predicted octanol–water partition coefficient (Wildman–Crippen LogP) is 4.18. The zero-order valence-corrected chi connectivity index (χ0v) is 13.9. The van der Waals surface area contributed by atoms with Gasteiger partial charge in [0.2, 0.25) is 5.13 Å². The molecule has 0 saturated carbocycles. The SMILES string of the molecule is CCOc1ccc(C=NNc2nc(C)cs2)c2c1CCCC2. The van der Waals surface area contributed by atoms with Crippen molar-refractivity contribution in [2.24, 2.45) is 5.10 Å². The number of hydrazone groups is 1. The Kier molecular flexibility index (Phi) is 4.73. The summed E-state index contributed by atoms with van der Waals surface area (Å²) >= 11 is 1.57. The molecule has 22 heavy (non-hydrogen) atoms. The van der Waals surface area contributed by atoms with E-state index in [-0.39, 0.29) is 0 Å². The van der Waals surface area contributed by atoms with Gasteiger partial charge in [-0.15, -0.1) is 11.3 Å². The van der Waals surface area contributed by atoms with Gasteiger partial charge in [-0.2, -0.15) is 5.10 Å². The number of thiazole rings is 1. The van der Waals surface area contributed by atoms with Crippen LogP contribution in [0.2, 0.25) is 0 Å². The topological polar surface area (TPSA) is 46.5 Å². The molecule has 0 fully saturated rings. The number of benzene rings is 1. The van der Waals surface area contributed by atoms with E-state index in [4.69, 9.17) is 4.74 Å². The average Bonchev–Trinajstić information content (AvgIpc) is 2.95. The Bertz CT molecular complexity index is 679. The molecule has 1 aromatic heterocycles. The molecule has 0 bridgehead atoms. The van der Waals surface area contributed by atoms with Gasteiger partial charge in [-0.1, -0.05) is 0 Å². The second-order valence-corrected chi connectivity index (χ2v) is 6.27. The van der Waals surface area contributed by atoms with Crippen molar-refractivity contribution in [1.82, 2.24) is 4.98 Å². The van der Waals surface area contributed by atoms with Crippen LogP contribution in [0.15, 0.2) is 22.6 Å². The molecule has 1 aliphatic carbocycles. The summed E-state index contributed by atoms with van der Waals surface area (Å²) in [6.45, 7) is 4.73. The highest BCUT2D eigenvalue weighted by Gasteiger charge is 2.17. The molecule has 1 N–H and O–H groups in total. The number of rotatable bonds is 5. The lowest BCUT2D eigenvalue weighted by Gasteiger charge is -2.21. The molecule has 0 aliphatic heterocycles. The predicted molar refractivity (Wildman–Crippen MR) is 92.3 cm³/mol. The van der Waals surface area contributed by atoms with Crippen molar-refractivity contribution in [2.75, 3.05) is 12.0 Å². The van der Waals surface area contributed by atoms with Gasteiger partial charge in [0.1, 0.15) is 5.75 Å². The maximum atomic E-state index is 5.77. The summed E-state index contributed by atoms with van der Waals surface area (Å²) in [5, 5.41) is 7.18. The van der Waals surface area contributed by atoms with Gasteiger partial charge in [0.05, 0.1) is 18.5 Å². The second-order valence-electron chi connectivity index (χ2n) is 5.41. The Hall–Kier alpha value is -1.88. The summed E-state index contributed by atoms with van der Waals surface area (Å²) < 4.78 is 5.77. The fraction of sp³-hybridized carbons (Fsp3) is 0.412. The van der Waals surface area contributed by atoms with Crippen molar-refractivity contribution >= 4 is 22.7 Å². The second kappa shape index (κ2) is 6.92. The van der Waals surface area contributed by atoms with Crippen molar-refractivity contribution in [3.63, 3.8) is 0 Å². The van der Waals surface area contributed by atoms with Gasteiger partial charge in [-0.05, 0) is 68.4 Å². The fourth-order valence-corrected chi connectivity index (χ4v) is 3.47. The minimum atomic E-state index is 0.713. The molecule has 4 nitrogen and oxygen atoms in total. The number of anilines is 1. The van der Waals surface area contributed by atoms with Crippen molar-refractivity contribution in [3.05, 3.63) is 39.9 Å². The van der Waals surface area contributed by atoms with Gasteiger partial charge >= 0.3 is 0 Å². The largest absolute Gasteiger partial charge is 0.494 e. The molecule has 0 amide bonds. The van der Waals surface area contributed by atoms with Gasteiger partial charge in [-0.3, -0.25) is 5.43 Å². The monoisotopic (exact) mass is 315 g/mol. The highest BCUT2D eigenvalue weighted by Crippen LogP contribution is 2.31. The number of fused-ring (bicyclic) bond motifs is 1. The van der Waals surface area contributed by atoms with Crippen LogP contribution in [0, 0.1) is 6.92 Å². The third-order valence-electron chi connectivity index (χ3n) is 3.81. The summed E-state index contributed by atoms with van der Waals surface area (Å²) in [4.78, 5) is 4.34. The van der Waals surface area contributed by atoms with Crippen LogP contribution in [0.3, 0.4) is 0 Å². The van der Waals surface area contributed by atoms with E-state index in [0.717, 1.165) is 29.4 Å². The molecule has 0 unspecified atom stereocenters. The molecule has 3 rings (SSSR count). The molecule has 1 aromatic carbocycles. The Balaban J connectivity index is 1.81. The smallest absolute Gasteiger partial charge is 0.203 e. The number of hydrogen-bond donors (Lipinski definition) is 1. The first-order chi connectivity index (χ1) is 10.8. The van der Waals surface area contributed by atoms with E-state index < -0.39 is 0 Å². The van der Waals surface area contributed by atoms with Crippen molar-refractivity contribution in [2.45, 2.75) is 39.5 Å². The van der Waals surface area contributed by atoms with Gasteiger partial charge < -0.3 is 4.74 Å². The zero-order valence-electron chi connectivity index (χ0n) is 13.1. The number of hydrogen-bond acceptors (Lipinski definition) is 5. The maximum Gasteiger partial charge on any atom is 0.203 e. The first-order valence-electron chi connectivity index (χ1n) is 7.76. The summed E-state index contributed by atoms with van der Waals surface area (Å²) in [5.41, 5.74) is 7.95. The van der Waals surface area contributed by atoms with Gasteiger partial charge in [0, 0.05) is 5.38 Å². The molecule has 116 valence electrons. The van der Waals surface area contributed by atoms with Crippen LogP contribution >= 0.6 is 11.3 Å². The fourth-order valence-electron chi connectivity index (χ4n) is 2.84. The van der Waals surface area contributed by atoms with E-state index >= 15 is 0 Å². The lowest BCUT2D eigenvalue weighted by Crippen LogP contribution is -2.09. The molecule has 1 heterocycles. The Labute approximate surface area is 135 Å². The molecule has 2 aromatic rings. The molecule has 0 atom stereocenters. The molecule has 0 radical (unpaired) electrons. The van der Waals surface area contributed by atoms with E-state index in [2.05, 4.69) is 27.6 Å². The molecule has 0 saturated heterocycles. The highest BCUT2D eigenvalue weighted by molar-refractivity contribution is 7.13. The van der Waals surface area contributed by atoms with Crippen molar-refractivity contribution < 1.29 is 4.74 Å². The van der Waals surface area contributed by atoms with Gasteiger partial charge in [0.25, 0.3) is 0 Å². The average molecular weight is 315 g/mol. The molecule has 5 heteroatoms. The van der Waals surface area contributed by atoms with Crippen LogP contribution in [-0.2, 0) is 12.8 Å².